The minimum absolute atomic E-state index is 0.513. The van der Waals surface area contributed by atoms with E-state index in [0.717, 1.165) is 24.3 Å². The van der Waals surface area contributed by atoms with Crippen molar-refractivity contribution in [3.63, 3.8) is 0 Å². The van der Waals surface area contributed by atoms with Crippen LogP contribution in [0.2, 0.25) is 0 Å². The molecule has 0 radical (unpaired) electrons. The largest absolute Gasteiger partial charge is 0.475 e. The van der Waals surface area contributed by atoms with E-state index in [0.29, 0.717) is 19.1 Å². The number of hydrogen-bond donors (Lipinski definition) is 1. The molecular formula is C10H16N4O2. The van der Waals surface area contributed by atoms with Crippen molar-refractivity contribution >= 4 is 0 Å². The topological polar surface area (TPSA) is 59.5 Å². The minimum atomic E-state index is 0.513. The van der Waals surface area contributed by atoms with Crippen LogP contribution >= 0.6 is 0 Å². The smallest absolute Gasteiger partial charge is 0.221 e. The van der Waals surface area contributed by atoms with Crippen LogP contribution in [-0.2, 0) is 17.8 Å². The Morgan fingerprint density at radius 1 is 1.38 bits per heavy atom. The third-order valence-corrected chi connectivity index (χ3v) is 2.53. The molecule has 0 saturated heterocycles. The molecule has 0 saturated carbocycles. The first kappa shape index (κ1) is 11.3. The predicted octanol–water partition coefficient (Wildman–Crippen LogP) is -0.0482. The Morgan fingerprint density at radius 2 is 2.25 bits per heavy atom. The lowest BCUT2D eigenvalue weighted by molar-refractivity contribution is 0.142. The molecule has 0 atom stereocenters. The Balaban J connectivity index is 2.07. The van der Waals surface area contributed by atoms with Gasteiger partial charge < -0.3 is 9.47 Å². The summed E-state index contributed by atoms with van der Waals surface area (Å²) < 4.78 is 10.5. The number of aromatic nitrogens is 2. The molecule has 88 valence electrons. The first-order chi connectivity index (χ1) is 7.85. The van der Waals surface area contributed by atoms with E-state index in [4.69, 9.17) is 9.47 Å². The third kappa shape index (κ3) is 2.29. The summed E-state index contributed by atoms with van der Waals surface area (Å²) in [5, 5.41) is 2.06. The van der Waals surface area contributed by atoms with Crippen LogP contribution in [0.5, 0.6) is 5.88 Å². The maximum absolute atomic E-state index is 5.55. The molecule has 2 rings (SSSR count). The highest BCUT2D eigenvalue weighted by Gasteiger charge is 2.23. The van der Waals surface area contributed by atoms with Crippen LogP contribution in [0.4, 0.5) is 0 Å². The van der Waals surface area contributed by atoms with Gasteiger partial charge in [-0.2, -0.15) is 0 Å². The van der Waals surface area contributed by atoms with Crippen LogP contribution in [0.15, 0.2) is 6.33 Å². The summed E-state index contributed by atoms with van der Waals surface area (Å²) in [7, 11) is 3.54. The van der Waals surface area contributed by atoms with Crippen molar-refractivity contribution in [3.05, 3.63) is 17.6 Å². The first-order valence-corrected chi connectivity index (χ1v) is 5.22. The van der Waals surface area contributed by atoms with Crippen molar-refractivity contribution in [2.24, 2.45) is 0 Å². The van der Waals surface area contributed by atoms with E-state index in [1.54, 1.807) is 13.4 Å². The Hall–Kier alpha value is -1.24. The van der Waals surface area contributed by atoms with Gasteiger partial charge in [0.15, 0.2) is 0 Å². The van der Waals surface area contributed by atoms with Crippen molar-refractivity contribution in [2.75, 3.05) is 27.4 Å². The predicted molar refractivity (Wildman–Crippen MR) is 57.7 cm³/mol. The summed E-state index contributed by atoms with van der Waals surface area (Å²) in [4.78, 5) is 8.39. The van der Waals surface area contributed by atoms with E-state index >= 15 is 0 Å². The second-order valence-electron chi connectivity index (χ2n) is 3.52. The van der Waals surface area contributed by atoms with Crippen LogP contribution < -0.4 is 10.2 Å². The summed E-state index contributed by atoms with van der Waals surface area (Å²) in [6.45, 7) is 2.64. The van der Waals surface area contributed by atoms with Crippen LogP contribution in [-0.4, -0.2) is 42.3 Å². The highest BCUT2D eigenvalue weighted by atomic mass is 16.5. The number of ether oxygens (including phenoxy) is 2. The molecule has 2 heterocycles. The number of methoxy groups -OCH3 is 1. The van der Waals surface area contributed by atoms with Gasteiger partial charge in [-0.1, -0.05) is 0 Å². The molecule has 16 heavy (non-hydrogen) atoms. The van der Waals surface area contributed by atoms with E-state index < -0.39 is 0 Å². The number of fused-ring (bicyclic) bond motifs is 1. The van der Waals surface area contributed by atoms with Crippen molar-refractivity contribution in [2.45, 2.75) is 13.1 Å². The molecular weight excluding hydrogens is 208 g/mol. The molecule has 6 heteroatoms. The summed E-state index contributed by atoms with van der Waals surface area (Å²) in [6.07, 6.45) is 1.54. The quantitative estimate of drug-likeness (QED) is 0.708. The van der Waals surface area contributed by atoms with E-state index in [2.05, 4.69) is 20.4 Å². The number of hydrazine groups is 1. The lowest BCUT2D eigenvalue weighted by Gasteiger charge is -2.11. The maximum atomic E-state index is 5.55. The van der Waals surface area contributed by atoms with Crippen molar-refractivity contribution in [3.8, 4) is 5.88 Å². The van der Waals surface area contributed by atoms with E-state index in [1.807, 2.05) is 7.05 Å². The van der Waals surface area contributed by atoms with Gasteiger partial charge in [0.2, 0.25) is 5.88 Å². The lowest BCUT2D eigenvalue weighted by atomic mass is 10.3. The van der Waals surface area contributed by atoms with Gasteiger partial charge in [0.05, 0.1) is 24.4 Å². The summed E-state index contributed by atoms with van der Waals surface area (Å²) in [5.74, 6) is 0.666. The third-order valence-electron chi connectivity index (χ3n) is 2.53. The molecule has 0 amide bonds. The fourth-order valence-corrected chi connectivity index (χ4v) is 1.66. The molecule has 1 aliphatic heterocycles. The average Bonchev–Trinajstić information content (AvgIpc) is 2.73. The summed E-state index contributed by atoms with van der Waals surface area (Å²) in [6, 6.07) is 0. The highest BCUT2D eigenvalue weighted by Crippen LogP contribution is 2.25. The van der Waals surface area contributed by atoms with E-state index in [1.165, 1.54) is 0 Å². The zero-order valence-corrected chi connectivity index (χ0v) is 9.56. The van der Waals surface area contributed by atoms with Gasteiger partial charge in [-0.3, -0.25) is 5.43 Å². The Morgan fingerprint density at radius 3 is 3.00 bits per heavy atom. The van der Waals surface area contributed by atoms with Gasteiger partial charge in [0, 0.05) is 13.7 Å². The minimum Gasteiger partial charge on any atom is -0.475 e. The molecule has 0 unspecified atom stereocenters. The second-order valence-corrected chi connectivity index (χ2v) is 3.52. The fourth-order valence-electron chi connectivity index (χ4n) is 1.66. The molecule has 0 aromatic carbocycles. The lowest BCUT2D eigenvalue weighted by Crippen LogP contribution is -2.29. The molecule has 0 bridgehead atoms. The Bertz CT molecular complexity index is 359. The molecule has 1 aromatic rings. The maximum Gasteiger partial charge on any atom is 0.221 e. The molecule has 1 aromatic heterocycles. The molecule has 1 N–H and O–H groups in total. The Kier molecular flexibility index (Phi) is 3.66. The number of nitrogens with zero attached hydrogens (tertiary/aromatic N) is 3. The average molecular weight is 224 g/mol. The normalized spacial score (nSPS) is 15.1. The first-order valence-electron chi connectivity index (χ1n) is 5.22. The summed E-state index contributed by atoms with van der Waals surface area (Å²) >= 11 is 0. The molecule has 0 spiro atoms. The van der Waals surface area contributed by atoms with Crippen molar-refractivity contribution in [1.82, 2.24) is 20.4 Å². The zero-order valence-electron chi connectivity index (χ0n) is 9.56. The molecule has 6 nitrogen and oxygen atoms in total. The van der Waals surface area contributed by atoms with Gasteiger partial charge in [0.25, 0.3) is 0 Å². The molecule has 0 fully saturated rings. The van der Waals surface area contributed by atoms with Gasteiger partial charge in [0.1, 0.15) is 12.9 Å². The van der Waals surface area contributed by atoms with Crippen molar-refractivity contribution < 1.29 is 9.47 Å². The van der Waals surface area contributed by atoms with Crippen LogP contribution in [0, 0.1) is 0 Å². The van der Waals surface area contributed by atoms with E-state index in [-0.39, 0.29) is 0 Å². The van der Waals surface area contributed by atoms with E-state index in [9.17, 15) is 0 Å². The fraction of sp³-hybridized carbons (Fsp3) is 0.600. The second kappa shape index (κ2) is 5.20. The molecule has 1 aliphatic rings. The van der Waals surface area contributed by atoms with Gasteiger partial charge in [-0.15, -0.1) is 0 Å². The Labute approximate surface area is 94.6 Å². The zero-order chi connectivity index (χ0) is 11.4. The number of nitrogens with one attached hydrogen (secondary N) is 1. The standard InChI is InChI=1S/C10H16N4O2/c1-11-14-5-8-9(6-14)12-7-13-10(8)16-4-3-15-2/h7,11H,3-6H2,1-2H3. The van der Waals surface area contributed by atoms with Gasteiger partial charge in [-0.05, 0) is 7.05 Å². The van der Waals surface area contributed by atoms with Crippen LogP contribution in [0.25, 0.3) is 0 Å². The monoisotopic (exact) mass is 224 g/mol. The molecule has 0 aliphatic carbocycles. The van der Waals surface area contributed by atoms with Crippen LogP contribution in [0.3, 0.4) is 0 Å². The van der Waals surface area contributed by atoms with Gasteiger partial charge >= 0.3 is 0 Å². The SMILES string of the molecule is CNN1Cc2ncnc(OCCOC)c2C1. The number of hydrogen-bond acceptors (Lipinski definition) is 6. The van der Waals surface area contributed by atoms with Gasteiger partial charge in [-0.25, -0.2) is 15.0 Å². The van der Waals surface area contributed by atoms with Crippen LogP contribution in [0.1, 0.15) is 11.3 Å². The van der Waals surface area contributed by atoms with Crippen molar-refractivity contribution in [1.29, 1.82) is 0 Å². The summed E-state index contributed by atoms with van der Waals surface area (Å²) in [5.41, 5.74) is 5.18. The number of rotatable bonds is 5. The highest BCUT2D eigenvalue weighted by molar-refractivity contribution is 5.32.